The van der Waals surface area contributed by atoms with Crippen molar-refractivity contribution in [3.8, 4) is 28.1 Å². The summed E-state index contributed by atoms with van der Waals surface area (Å²) >= 11 is 0. The van der Waals surface area contributed by atoms with Crippen LogP contribution in [-0.4, -0.2) is 127 Å². The highest BCUT2D eigenvalue weighted by Crippen LogP contribution is 2.45. The van der Waals surface area contributed by atoms with Crippen molar-refractivity contribution in [2.24, 2.45) is 28.0 Å². The van der Waals surface area contributed by atoms with Gasteiger partial charge in [-0.25, -0.2) is 9.97 Å². The standard InChI is InChI=1S/C51H66N10O5/c1-8-44(63)59-18-16-33(28-59)50(66)58(7)45(30(3)4)49(65)57-41-21-31-19-34(22-37(62)20-31)32-12-15-42-38(23-32)39(46(60(42)9-2)35-25-53-29-54-26-35)24-51(5,6)43-27-56-47(61(43)36-13-14-36)40(52)11-10-17-55-48(41)64/h8,12,15,19-20,22-23,25-26,29-30,33,36,40-41,43,45,62H,1,9-11,13-14,16-18,21,24,27-28,52H2,2-7H3,(H,55,64)(H,57,65)/t33?,40-,41-,43?,45-/m0/s1. The molecule has 2 fully saturated rings. The van der Waals surface area contributed by atoms with Crippen molar-refractivity contribution in [2.45, 2.75) is 116 Å². The number of aliphatic imine (C=N–C) groups is 1. The third kappa shape index (κ3) is 9.31. The van der Waals surface area contributed by atoms with Crippen LogP contribution in [0.15, 0.2) is 72.8 Å². The number of carbonyl (C=O) groups excluding carboxylic acids is 4. The number of nitrogens with zero attached hydrogens (tertiary/aromatic N) is 7. The summed E-state index contributed by atoms with van der Waals surface area (Å²) in [7, 11) is 1.61. The molecule has 15 nitrogen and oxygen atoms in total. The first-order valence-corrected chi connectivity index (χ1v) is 23.7. The molecule has 2 aromatic carbocycles. The van der Waals surface area contributed by atoms with Gasteiger partial charge < -0.3 is 40.7 Å². The number of likely N-dealkylation sites (N-methyl/N-ethyl adjacent to an activating group) is 1. The maximum absolute atomic E-state index is 14.4. The summed E-state index contributed by atoms with van der Waals surface area (Å²) in [6.07, 6.45) is 11.2. The number of benzene rings is 2. The Bertz CT molecular complexity index is 2530. The number of phenols is 1. The van der Waals surface area contributed by atoms with Crippen molar-refractivity contribution >= 4 is 40.4 Å². The number of hydrogen-bond acceptors (Lipinski definition) is 10. The summed E-state index contributed by atoms with van der Waals surface area (Å²) in [5.74, 6) is -1.12. The Balaban J connectivity index is 1.17. The van der Waals surface area contributed by atoms with E-state index in [0.29, 0.717) is 50.5 Å². The monoisotopic (exact) mass is 899 g/mol. The zero-order chi connectivity index (χ0) is 47.0. The predicted molar refractivity (Wildman–Crippen MR) is 256 cm³/mol. The Kier molecular flexibility index (Phi) is 13.4. The molecular weight excluding hydrogens is 833 g/mol. The molecule has 3 aliphatic heterocycles. The third-order valence-corrected chi connectivity index (χ3v) is 14.2. The molecule has 5 atom stereocenters. The second-order valence-corrected chi connectivity index (χ2v) is 19.8. The first-order chi connectivity index (χ1) is 31.6. The Labute approximate surface area is 387 Å². The topological polar surface area (TPSA) is 191 Å². The Hall–Kier alpha value is -6.09. The zero-order valence-corrected chi connectivity index (χ0v) is 39.3. The number of carbonyl (C=O) groups is 4. The van der Waals surface area contributed by atoms with Crippen LogP contribution in [0, 0.1) is 17.3 Å². The van der Waals surface area contributed by atoms with E-state index in [0.717, 1.165) is 64.9 Å². The molecule has 1 saturated heterocycles. The number of amides is 4. The fourth-order valence-electron chi connectivity index (χ4n) is 10.8. The highest BCUT2D eigenvalue weighted by Gasteiger charge is 2.47. The molecule has 5 heterocycles. The molecule has 4 aliphatic rings. The lowest BCUT2D eigenvalue weighted by atomic mass is 9.77. The molecule has 15 heteroatoms. The maximum atomic E-state index is 14.4. The molecule has 0 spiro atoms. The molecule has 1 aliphatic carbocycles. The van der Waals surface area contributed by atoms with Crippen molar-refractivity contribution < 1.29 is 24.3 Å². The fraction of sp³-hybridized carbons (Fsp3) is 0.510. The van der Waals surface area contributed by atoms with E-state index >= 15 is 0 Å². The Morgan fingerprint density at radius 2 is 1.82 bits per heavy atom. The molecule has 5 N–H and O–H groups in total. The molecule has 6 bridgehead atoms. The first kappa shape index (κ1) is 46.4. The van der Waals surface area contributed by atoms with Crippen LogP contribution in [0.1, 0.15) is 77.8 Å². The number of fused-ring (bicyclic) bond motifs is 6. The number of amidine groups is 1. The minimum atomic E-state index is -1.04. The van der Waals surface area contributed by atoms with E-state index in [4.69, 9.17) is 10.7 Å². The van der Waals surface area contributed by atoms with E-state index in [9.17, 15) is 24.3 Å². The van der Waals surface area contributed by atoms with Gasteiger partial charge in [0.1, 0.15) is 30.0 Å². The summed E-state index contributed by atoms with van der Waals surface area (Å²) in [4.78, 5) is 74.5. The van der Waals surface area contributed by atoms with Crippen molar-refractivity contribution in [1.29, 1.82) is 0 Å². The van der Waals surface area contributed by atoms with Gasteiger partial charge in [0.15, 0.2) is 0 Å². The second-order valence-electron chi connectivity index (χ2n) is 19.8. The van der Waals surface area contributed by atoms with Crippen molar-refractivity contribution in [1.82, 2.24) is 39.9 Å². The maximum Gasteiger partial charge on any atom is 0.245 e. The van der Waals surface area contributed by atoms with Crippen LogP contribution < -0.4 is 16.4 Å². The third-order valence-electron chi connectivity index (χ3n) is 14.2. The van der Waals surface area contributed by atoms with Crippen LogP contribution in [0.3, 0.4) is 0 Å². The Morgan fingerprint density at radius 3 is 2.52 bits per heavy atom. The molecule has 1 saturated carbocycles. The number of likely N-dealkylation sites (tertiary alicyclic amines) is 1. The molecule has 4 aromatic rings. The highest BCUT2D eigenvalue weighted by atomic mass is 16.3. The van der Waals surface area contributed by atoms with Gasteiger partial charge in [0.2, 0.25) is 23.6 Å². The van der Waals surface area contributed by atoms with Crippen molar-refractivity contribution in [3.05, 3.63) is 78.9 Å². The van der Waals surface area contributed by atoms with E-state index in [1.807, 2.05) is 32.3 Å². The van der Waals surface area contributed by atoms with Crippen LogP contribution in [0.4, 0.5) is 0 Å². The fourth-order valence-corrected chi connectivity index (χ4v) is 10.8. The normalized spacial score (nSPS) is 22.8. The van der Waals surface area contributed by atoms with E-state index in [1.165, 1.54) is 16.5 Å². The molecule has 66 heavy (non-hydrogen) atoms. The van der Waals surface area contributed by atoms with Gasteiger partial charge in [0.05, 0.1) is 30.2 Å². The minimum absolute atomic E-state index is 0.0296. The number of rotatable bonds is 9. The summed E-state index contributed by atoms with van der Waals surface area (Å²) in [5.41, 5.74) is 13.4. The van der Waals surface area contributed by atoms with Crippen LogP contribution in [0.5, 0.6) is 5.75 Å². The largest absolute Gasteiger partial charge is 0.508 e. The summed E-state index contributed by atoms with van der Waals surface area (Å²) in [5, 5.41) is 18.5. The van der Waals surface area contributed by atoms with Gasteiger partial charge in [-0.2, -0.15) is 0 Å². The highest BCUT2D eigenvalue weighted by molar-refractivity contribution is 5.96. The lowest BCUT2D eigenvalue weighted by molar-refractivity contribution is -0.144. The van der Waals surface area contributed by atoms with Gasteiger partial charge in [0.25, 0.3) is 0 Å². The van der Waals surface area contributed by atoms with Gasteiger partial charge in [-0.05, 0) is 109 Å². The second kappa shape index (κ2) is 19.0. The number of aromatic nitrogens is 3. The minimum Gasteiger partial charge on any atom is -0.508 e. The van der Waals surface area contributed by atoms with E-state index in [2.05, 4.69) is 75.6 Å². The van der Waals surface area contributed by atoms with Gasteiger partial charge in [0, 0.05) is 74.5 Å². The van der Waals surface area contributed by atoms with Gasteiger partial charge in [-0.1, -0.05) is 46.4 Å². The average molecular weight is 899 g/mol. The predicted octanol–water partition coefficient (Wildman–Crippen LogP) is 5.09. The van der Waals surface area contributed by atoms with E-state index < -0.39 is 23.9 Å². The number of aromatic hydroxyl groups is 1. The summed E-state index contributed by atoms with van der Waals surface area (Å²) < 4.78 is 2.34. The first-order valence-electron chi connectivity index (χ1n) is 23.7. The quantitative estimate of drug-likeness (QED) is 0.166. The van der Waals surface area contributed by atoms with E-state index in [-0.39, 0.29) is 59.9 Å². The molecule has 0 radical (unpaired) electrons. The number of aryl methyl sites for hydroxylation is 1. The number of phenolic OH excluding ortho intramolecular Hbond substituents is 1. The smallest absolute Gasteiger partial charge is 0.245 e. The molecular formula is C51H66N10O5. The molecule has 2 unspecified atom stereocenters. The number of nitrogens with two attached hydrogens (primary N) is 1. The summed E-state index contributed by atoms with van der Waals surface area (Å²) in [6, 6.07) is 9.97. The molecule has 350 valence electrons. The SMILES string of the molecule is C=CC(=O)N1CCC(C(=O)N(C)[C@H](C(=O)N[C@H]2Cc3cc(O)cc(c3)-c3ccc4c(c3)c(c(-c3cncnc3)n4CC)CC(C)(C)C3CN=C([C@@H](N)CCCNC2=O)N3C2CC2)C(C)C)C1. The average Bonchev–Trinajstić information content (AvgIpc) is 3.68. The molecule has 2 aromatic heterocycles. The lowest BCUT2D eigenvalue weighted by Crippen LogP contribution is -2.57. The number of nitrogens with one attached hydrogen (secondary N) is 2. The molecule has 4 amide bonds. The van der Waals surface area contributed by atoms with Crippen LogP contribution in [-0.2, 0) is 38.6 Å². The molecule has 8 rings (SSSR count). The van der Waals surface area contributed by atoms with Crippen molar-refractivity contribution in [2.75, 3.05) is 33.2 Å². The van der Waals surface area contributed by atoms with Crippen LogP contribution >= 0.6 is 0 Å². The lowest BCUT2D eigenvalue weighted by Gasteiger charge is -2.40. The van der Waals surface area contributed by atoms with E-state index in [1.54, 1.807) is 30.4 Å². The number of hydrogen-bond donors (Lipinski definition) is 4. The van der Waals surface area contributed by atoms with Gasteiger partial charge in [-0.3, -0.25) is 24.2 Å². The van der Waals surface area contributed by atoms with Crippen LogP contribution in [0.25, 0.3) is 33.3 Å². The zero-order valence-electron chi connectivity index (χ0n) is 39.3. The van der Waals surface area contributed by atoms with Gasteiger partial charge in [-0.15, -0.1) is 0 Å². The Morgan fingerprint density at radius 1 is 1.06 bits per heavy atom. The van der Waals surface area contributed by atoms with Crippen molar-refractivity contribution in [3.63, 3.8) is 0 Å². The summed E-state index contributed by atoms with van der Waals surface area (Å²) in [6.45, 7) is 16.5. The van der Waals surface area contributed by atoms with Crippen LogP contribution in [0.2, 0.25) is 0 Å². The van der Waals surface area contributed by atoms with Gasteiger partial charge >= 0.3 is 0 Å².